The van der Waals surface area contributed by atoms with Crippen molar-refractivity contribution >= 4 is 160 Å². The van der Waals surface area contributed by atoms with E-state index in [0.717, 1.165) is 6.92 Å². The Morgan fingerprint density at radius 1 is 0.316 bits per heavy atom. The summed E-state index contributed by atoms with van der Waals surface area (Å²) in [5, 5.41) is 109. The molecular formula is C84H146N34O17S. The summed E-state index contributed by atoms with van der Waals surface area (Å²) in [4.78, 5) is 223. The van der Waals surface area contributed by atoms with Crippen LogP contribution in [0.4, 0.5) is 0 Å². The summed E-state index contributed by atoms with van der Waals surface area (Å²) >= 11 is 4.35. The summed E-state index contributed by atoms with van der Waals surface area (Å²) in [6.07, 6.45) is -3.83. The molecule has 0 heterocycles. The van der Waals surface area contributed by atoms with E-state index in [0.29, 0.717) is 11.1 Å². The predicted molar refractivity (Wildman–Crippen MR) is 513 cm³/mol. The van der Waals surface area contributed by atoms with Crippen LogP contribution in [0.1, 0.15) is 197 Å². The van der Waals surface area contributed by atoms with Crippen molar-refractivity contribution in [3.63, 3.8) is 0 Å². The van der Waals surface area contributed by atoms with Crippen LogP contribution in [0, 0.1) is 84.2 Å². The number of hydrogen-bond acceptors (Lipinski definition) is 27. The molecule has 0 saturated heterocycles. The van der Waals surface area contributed by atoms with Gasteiger partial charge in [-0.25, -0.2) is 0 Å². The van der Waals surface area contributed by atoms with Crippen molar-refractivity contribution in [2.75, 3.05) is 84.4 Å². The van der Waals surface area contributed by atoms with Gasteiger partial charge in [-0.15, -0.1) is 0 Å². The van der Waals surface area contributed by atoms with Gasteiger partial charge in [-0.3, -0.25) is 125 Å². The van der Waals surface area contributed by atoms with Crippen molar-refractivity contribution in [3.05, 3.63) is 35.4 Å². The molecule has 1 aromatic rings. The van der Waals surface area contributed by atoms with Crippen molar-refractivity contribution in [1.82, 2.24) is 79.8 Å². The van der Waals surface area contributed by atoms with Crippen molar-refractivity contribution in [2.24, 2.45) is 92.8 Å². The van der Waals surface area contributed by atoms with Crippen LogP contribution in [0.5, 0.6) is 0 Å². The molecule has 760 valence electrons. The normalized spacial score (nSPS) is 13.3. The summed E-state index contributed by atoms with van der Waals surface area (Å²) in [5.41, 5.74) is 57.1. The average molecular weight is 1940 g/mol. The van der Waals surface area contributed by atoms with E-state index in [1.54, 1.807) is 24.3 Å². The molecule has 11 atom stereocenters. The van der Waals surface area contributed by atoms with Gasteiger partial charge in [-0.2, -0.15) is 12.6 Å². The number of amides is 7. The van der Waals surface area contributed by atoms with E-state index in [1.807, 2.05) is 0 Å². The van der Waals surface area contributed by atoms with E-state index in [1.165, 1.54) is 6.92 Å². The Morgan fingerprint density at radius 2 is 0.574 bits per heavy atom. The van der Waals surface area contributed by atoms with Crippen LogP contribution in [0.2, 0.25) is 0 Å². The number of ketones is 9. The maximum absolute atomic E-state index is 15.3. The highest BCUT2D eigenvalue weighted by Crippen LogP contribution is 2.25. The number of carbonyl (C=O) groups is 16. The first-order valence-electron chi connectivity index (χ1n) is 45.0. The molecule has 0 fully saturated rings. The Labute approximate surface area is 796 Å². The van der Waals surface area contributed by atoms with Crippen LogP contribution in [0.25, 0.3) is 0 Å². The molecule has 0 aromatic heterocycles. The highest BCUT2D eigenvalue weighted by molar-refractivity contribution is 7.80. The number of guanidine groups is 9. The highest BCUT2D eigenvalue weighted by atomic mass is 32.1. The number of primary amides is 1. The lowest BCUT2D eigenvalue weighted by Crippen LogP contribution is -2.49. The number of carbonyl (C=O) groups excluding carboxylic acids is 16. The molecular weight excluding hydrogens is 1790 g/mol. The molecule has 1 aromatic carbocycles. The molecule has 1 rings (SSSR count). The Balaban J connectivity index is 4.04. The van der Waals surface area contributed by atoms with E-state index in [4.69, 9.17) is 111 Å². The molecule has 0 bridgehead atoms. The van der Waals surface area contributed by atoms with E-state index >= 15 is 24.0 Å². The lowest BCUT2D eigenvalue weighted by Gasteiger charge is -2.27. The van der Waals surface area contributed by atoms with Crippen LogP contribution in [-0.4, -0.2) is 262 Å². The zero-order chi connectivity index (χ0) is 102. The number of nitrogens with two attached hydrogens (primary N) is 10. The number of nitrogens with one attached hydrogen (secondary N) is 24. The van der Waals surface area contributed by atoms with Gasteiger partial charge >= 0.3 is 0 Å². The zero-order valence-electron chi connectivity index (χ0n) is 77.6. The fourth-order valence-corrected chi connectivity index (χ4v) is 14.5. The van der Waals surface area contributed by atoms with Gasteiger partial charge in [0.25, 0.3) is 5.91 Å². The lowest BCUT2D eigenvalue weighted by atomic mass is 9.88. The third-order valence-corrected chi connectivity index (χ3v) is 21.8. The lowest BCUT2D eigenvalue weighted by molar-refractivity contribution is -0.137. The molecule has 7 amide bonds. The smallest absolute Gasteiger partial charge is 0.287 e. The van der Waals surface area contributed by atoms with Gasteiger partial charge in [0.15, 0.2) is 99.9 Å². The molecule has 44 N–H and O–H groups in total. The number of ether oxygens (including phenoxy) is 1. The maximum Gasteiger partial charge on any atom is 0.287 e. The topological polar surface area (TPSA) is 938 Å². The van der Waals surface area contributed by atoms with Gasteiger partial charge in [0.05, 0.1) is 36.8 Å². The molecule has 51 nitrogen and oxygen atoms in total. The van der Waals surface area contributed by atoms with Gasteiger partial charge in [-0.05, 0) is 141 Å². The van der Waals surface area contributed by atoms with Crippen LogP contribution in [-0.2, 0) is 83.1 Å². The molecule has 0 aliphatic rings. The van der Waals surface area contributed by atoms with Gasteiger partial charge in [0.1, 0.15) is 6.61 Å². The number of rotatable bonds is 77. The number of thiol groups is 1. The monoisotopic (exact) mass is 1940 g/mol. The van der Waals surface area contributed by atoms with Gasteiger partial charge in [0.2, 0.25) is 41.2 Å². The Bertz CT molecular complexity index is 4240. The molecule has 136 heavy (non-hydrogen) atoms. The fraction of sp³-hybridized carbons (Fsp3) is 0.631. The first-order chi connectivity index (χ1) is 64.2. The molecule has 52 heteroatoms. The van der Waals surface area contributed by atoms with E-state index < -0.39 is 246 Å². The quantitative estimate of drug-likeness (QED) is 0.00721. The van der Waals surface area contributed by atoms with Crippen molar-refractivity contribution in [2.45, 2.75) is 217 Å². The zero-order valence-corrected chi connectivity index (χ0v) is 78.5. The first-order valence-corrected chi connectivity index (χ1v) is 45.6. The largest absolute Gasteiger partial charge is 0.374 e. The third-order valence-electron chi connectivity index (χ3n) is 21.5. The summed E-state index contributed by atoms with van der Waals surface area (Å²) in [6.45, 7) is 1.32. The minimum Gasteiger partial charge on any atom is -0.374 e. The van der Waals surface area contributed by atoms with Crippen molar-refractivity contribution in [1.29, 1.82) is 48.7 Å². The Hall–Kier alpha value is -13.7. The van der Waals surface area contributed by atoms with Crippen molar-refractivity contribution in [3.8, 4) is 0 Å². The van der Waals surface area contributed by atoms with Gasteiger partial charge in [-0.1, -0.05) is 24.3 Å². The molecule has 0 aliphatic carbocycles. The Kier molecular flexibility index (Phi) is 60.4. The Morgan fingerprint density at radius 3 is 0.824 bits per heavy atom. The van der Waals surface area contributed by atoms with E-state index in [9.17, 15) is 52.7 Å². The van der Waals surface area contributed by atoms with Crippen LogP contribution >= 0.6 is 12.6 Å². The van der Waals surface area contributed by atoms with Crippen molar-refractivity contribution < 1.29 is 81.4 Å². The minimum absolute atomic E-state index is 0.00143. The van der Waals surface area contributed by atoms with Crippen LogP contribution < -0.4 is 137 Å². The highest BCUT2D eigenvalue weighted by Gasteiger charge is 2.38. The molecule has 0 aliphatic heterocycles. The second kappa shape index (κ2) is 68.3. The number of benzene rings is 1. The summed E-state index contributed by atoms with van der Waals surface area (Å²) in [6, 6.07) is -0.533. The van der Waals surface area contributed by atoms with Crippen LogP contribution in [0.3, 0.4) is 0 Å². The molecule has 0 unspecified atom stereocenters. The third kappa shape index (κ3) is 56.3. The van der Waals surface area contributed by atoms with E-state index in [2.05, 4.69) is 92.4 Å². The summed E-state index contributed by atoms with van der Waals surface area (Å²) < 4.78 is 5.56. The molecule has 0 radical (unpaired) electrons. The van der Waals surface area contributed by atoms with Crippen LogP contribution in [0.15, 0.2) is 24.3 Å². The standard InChI is InChI=1S/C84H146N34O17S/c1-47(119)50-25-23-49(24-26-50)37-56(69(85)128)39-58(122)45-135-36-12-22-64(123)63(46-136)118-75(134)55(17-7-31-108-80(94)95)43-68(127)62(21-11-35-112-84(102)103)117-74(133)54(16-6-30-107-79(92)93)42-67(126)61(20-10-34-111-83(100)101)116-73(132)53(15-5-29-106-78(90)91)41-66(125)60(19-9-33-110-82(98)99)115-72(131)52(14-4-28-105-77(88)89)40-65(124)59(18-8-32-109-81(96)97)114-71(130)51(13-3-27-104-76(86)87)38-57(121)44-113-70(129)48(2)120/h23-26,51-56,59-63,136H,3-22,27-46H2,1-2H3,(H2,85,128)(H,113,129)(H,114,130)(H,115,131)(H,116,132)(H,117,133)(H,118,134)(H4,86,87,104)(H4,88,89,105)(H4,90,91,106)(H4,92,93,107)(H4,94,95,108)(H4,96,97,109)(H4,98,99,110)(H4,100,101,111)(H4,102,103,112)/t51-,52-,53-,54-,55-,56+,59+,60+,61+,62+,63+/m0/s1. The maximum atomic E-state index is 15.3. The second-order valence-electron chi connectivity index (χ2n) is 32.9. The summed E-state index contributed by atoms with van der Waals surface area (Å²) in [5.74, 6) is -23.0. The second-order valence-corrected chi connectivity index (χ2v) is 33.3. The summed E-state index contributed by atoms with van der Waals surface area (Å²) in [7, 11) is 0. The number of hydrogen-bond donors (Lipinski definition) is 35. The SMILES string of the molecule is CC(=O)C(=O)NCC(=O)C[C@H](CCCNC(=N)N)C(=O)N[C@H](CCCNC(=N)N)C(=O)C[C@H](CCCNC(=N)N)C(=O)N[C@H](CCCNC(=N)N)C(=O)C[C@H](CCCNC(=N)N)C(=O)N[C@H](CCCNC(=N)N)C(=O)C[C@H](CCCNC(=N)N)C(=O)N[C@H](CCCNC(=N)N)C(=O)C[C@H](CCCNC(=N)N)C(=O)N[C@H](CS)C(=O)CCCOCC(=O)C[C@@H](Cc1ccc(C(C)=O)cc1)C(N)=O. The molecule has 0 spiro atoms. The van der Waals surface area contributed by atoms with Gasteiger partial charge < -0.3 is 142 Å². The average Bonchev–Trinajstić information content (AvgIpc) is 0.850. The van der Waals surface area contributed by atoms with Gasteiger partial charge in [0, 0.05) is 164 Å². The molecule has 0 saturated carbocycles. The minimum atomic E-state index is -1.51. The predicted octanol–water partition coefficient (Wildman–Crippen LogP) is -5.84. The van der Waals surface area contributed by atoms with E-state index in [-0.39, 0.29) is 224 Å². The fourth-order valence-electron chi connectivity index (χ4n) is 14.2. The first kappa shape index (κ1) is 120. The number of Topliss-reactive ketones (excluding diaryl/α,β-unsaturated/α-hetero) is 9.